The number of rotatable bonds is 7. The van der Waals surface area contributed by atoms with Crippen molar-refractivity contribution in [1.82, 2.24) is 4.90 Å². The Labute approximate surface area is 175 Å². The van der Waals surface area contributed by atoms with Gasteiger partial charge in [-0.25, -0.2) is 4.79 Å². The van der Waals surface area contributed by atoms with Crippen molar-refractivity contribution in [3.05, 3.63) is 29.8 Å². The lowest BCUT2D eigenvalue weighted by molar-refractivity contribution is -0.160. The number of ether oxygens (including phenoxy) is 2. The zero-order valence-electron chi connectivity index (χ0n) is 17.5. The zero-order valence-corrected chi connectivity index (χ0v) is 17.5. The monoisotopic (exact) mass is 413 g/mol. The highest BCUT2D eigenvalue weighted by Gasteiger charge is 2.62. The molecule has 2 amide bonds. The van der Waals surface area contributed by atoms with Crippen molar-refractivity contribution >= 4 is 23.6 Å². The number of carbonyl (C=O) groups excluding carboxylic acids is 4. The van der Waals surface area contributed by atoms with Gasteiger partial charge in [-0.05, 0) is 49.1 Å². The van der Waals surface area contributed by atoms with E-state index in [-0.39, 0.29) is 47.2 Å². The molecule has 2 bridgehead atoms. The van der Waals surface area contributed by atoms with Gasteiger partial charge in [0.25, 0.3) is 0 Å². The molecule has 2 aliphatic carbocycles. The number of hydrogen-bond donors (Lipinski definition) is 0. The van der Waals surface area contributed by atoms with Crippen LogP contribution in [0.1, 0.15) is 43.5 Å². The van der Waals surface area contributed by atoms with Crippen molar-refractivity contribution in [3.63, 3.8) is 0 Å². The third kappa shape index (κ3) is 3.30. The second-order valence-electron chi connectivity index (χ2n) is 8.88. The Morgan fingerprint density at radius 3 is 2.30 bits per heavy atom. The summed E-state index contributed by atoms with van der Waals surface area (Å²) in [5.41, 5.74) is 0.364. The molecule has 160 valence electrons. The summed E-state index contributed by atoms with van der Waals surface area (Å²) in [5.74, 6) is -1.43. The number of likely N-dealkylation sites (tertiary alicyclic amines) is 1. The van der Waals surface area contributed by atoms with Gasteiger partial charge in [0.05, 0.1) is 18.9 Å². The van der Waals surface area contributed by atoms with E-state index in [4.69, 9.17) is 9.47 Å². The van der Waals surface area contributed by atoms with Crippen LogP contribution in [0, 0.1) is 29.6 Å². The first-order valence-corrected chi connectivity index (χ1v) is 10.5. The summed E-state index contributed by atoms with van der Waals surface area (Å²) in [6, 6.07) is 5.57. The molecule has 0 N–H and O–H groups in total. The normalized spacial score (nSPS) is 28.1. The minimum absolute atomic E-state index is 0.244. The number of carbonyl (C=O) groups is 4. The maximum atomic E-state index is 13.1. The number of methoxy groups -OCH3 is 1. The van der Waals surface area contributed by atoms with Gasteiger partial charge in [0, 0.05) is 5.56 Å². The number of ketones is 1. The van der Waals surface area contributed by atoms with Crippen LogP contribution in [-0.2, 0) is 19.1 Å². The second kappa shape index (κ2) is 7.85. The van der Waals surface area contributed by atoms with E-state index in [2.05, 4.69) is 0 Å². The van der Waals surface area contributed by atoms with Gasteiger partial charge in [-0.3, -0.25) is 19.3 Å². The molecule has 7 nitrogen and oxygen atoms in total. The van der Waals surface area contributed by atoms with Gasteiger partial charge in [-0.2, -0.15) is 0 Å². The molecule has 0 radical (unpaired) electrons. The van der Waals surface area contributed by atoms with Crippen LogP contribution >= 0.6 is 0 Å². The Hall–Kier alpha value is -2.70. The van der Waals surface area contributed by atoms with E-state index >= 15 is 0 Å². The van der Waals surface area contributed by atoms with Crippen LogP contribution in [0.25, 0.3) is 0 Å². The largest absolute Gasteiger partial charge is 0.497 e. The van der Waals surface area contributed by atoms with E-state index in [1.807, 2.05) is 0 Å². The van der Waals surface area contributed by atoms with Crippen molar-refractivity contribution in [2.75, 3.05) is 13.7 Å². The summed E-state index contributed by atoms with van der Waals surface area (Å²) < 4.78 is 10.4. The minimum Gasteiger partial charge on any atom is -0.497 e. The Kier molecular flexibility index (Phi) is 5.38. The molecule has 3 fully saturated rings. The van der Waals surface area contributed by atoms with Gasteiger partial charge in [-0.15, -0.1) is 0 Å². The number of imide groups is 1. The fourth-order valence-electron chi connectivity index (χ4n) is 5.48. The zero-order chi connectivity index (χ0) is 21.6. The van der Waals surface area contributed by atoms with E-state index in [1.54, 1.807) is 38.1 Å². The van der Waals surface area contributed by atoms with Gasteiger partial charge in [0.15, 0.2) is 12.4 Å². The first kappa shape index (κ1) is 20.6. The van der Waals surface area contributed by atoms with Crippen molar-refractivity contribution in [2.24, 2.45) is 29.6 Å². The molecule has 1 saturated heterocycles. The molecule has 30 heavy (non-hydrogen) atoms. The third-order valence-corrected chi connectivity index (χ3v) is 6.85. The summed E-state index contributed by atoms with van der Waals surface area (Å²) in [7, 11) is 1.50. The first-order valence-electron chi connectivity index (χ1n) is 10.5. The average Bonchev–Trinajstić information content (AvgIpc) is 3.42. The van der Waals surface area contributed by atoms with Crippen LogP contribution in [0.5, 0.6) is 5.75 Å². The van der Waals surface area contributed by atoms with E-state index < -0.39 is 18.6 Å². The SMILES string of the molecule is COc1cccc(C(=O)COC(=O)[C@H](C(C)C)N2C(=O)[C@H]3[C@@H]4CC[C@@H](C4)[C@@H]3C2=O)c1. The highest BCUT2D eigenvalue weighted by molar-refractivity contribution is 6.09. The Bertz CT molecular complexity index is 865. The summed E-state index contributed by atoms with van der Waals surface area (Å²) in [5, 5.41) is 0. The lowest BCUT2D eigenvalue weighted by Gasteiger charge is -2.28. The van der Waals surface area contributed by atoms with Crippen molar-refractivity contribution in [2.45, 2.75) is 39.2 Å². The number of amides is 2. The number of hydrogen-bond acceptors (Lipinski definition) is 6. The summed E-state index contributed by atoms with van der Waals surface area (Å²) in [6.45, 7) is 3.10. The average molecular weight is 413 g/mol. The number of Topliss-reactive ketones (excluding diaryl/α,β-unsaturated/α-hetero) is 1. The van der Waals surface area contributed by atoms with Crippen LogP contribution in [0.4, 0.5) is 0 Å². The van der Waals surface area contributed by atoms with Crippen LogP contribution in [0.2, 0.25) is 0 Å². The molecule has 5 atom stereocenters. The van der Waals surface area contributed by atoms with Crippen LogP contribution in [0.15, 0.2) is 24.3 Å². The molecule has 2 saturated carbocycles. The summed E-state index contributed by atoms with van der Waals surface area (Å²) in [4.78, 5) is 52.6. The van der Waals surface area contributed by atoms with Gasteiger partial charge in [0.1, 0.15) is 11.8 Å². The maximum Gasteiger partial charge on any atom is 0.330 e. The predicted octanol–water partition coefficient (Wildman–Crippen LogP) is 2.48. The van der Waals surface area contributed by atoms with Crippen molar-refractivity contribution in [3.8, 4) is 5.75 Å². The molecule has 0 unspecified atom stereocenters. The molecular formula is C23H27NO6. The van der Waals surface area contributed by atoms with Gasteiger partial charge >= 0.3 is 5.97 Å². The molecule has 3 aliphatic rings. The molecule has 1 aliphatic heterocycles. The molecule has 4 rings (SSSR count). The van der Waals surface area contributed by atoms with Crippen molar-refractivity contribution < 1.29 is 28.7 Å². The van der Waals surface area contributed by atoms with Crippen molar-refractivity contribution in [1.29, 1.82) is 0 Å². The fourth-order valence-corrected chi connectivity index (χ4v) is 5.48. The number of nitrogens with zero attached hydrogens (tertiary/aromatic N) is 1. The number of esters is 1. The lowest BCUT2D eigenvalue weighted by atomic mass is 9.81. The lowest BCUT2D eigenvalue weighted by Crippen LogP contribution is -2.50. The van der Waals surface area contributed by atoms with Gasteiger partial charge in [0.2, 0.25) is 11.8 Å². The first-order chi connectivity index (χ1) is 14.3. The third-order valence-electron chi connectivity index (χ3n) is 6.85. The van der Waals surface area contributed by atoms with Crippen LogP contribution in [0.3, 0.4) is 0 Å². The Morgan fingerprint density at radius 2 is 1.73 bits per heavy atom. The second-order valence-corrected chi connectivity index (χ2v) is 8.88. The highest BCUT2D eigenvalue weighted by Crippen LogP contribution is 2.56. The molecular weight excluding hydrogens is 386 g/mol. The summed E-state index contributed by atoms with van der Waals surface area (Å²) in [6.07, 6.45) is 2.89. The molecule has 1 aromatic carbocycles. The molecule has 1 heterocycles. The van der Waals surface area contributed by atoms with Gasteiger partial charge in [-0.1, -0.05) is 26.0 Å². The Morgan fingerprint density at radius 1 is 1.10 bits per heavy atom. The van der Waals surface area contributed by atoms with E-state index in [9.17, 15) is 19.2 Å². The minimum atomic E-state index is -1.01. The number of fused-ring (bicyclic) bond motifs is 5. The topological polar surface area (TPSA) is 90.0 Å². The standard InChI is InChI=1S/C23H27NO6/c1-12(2)20(23(28)30-11-17(25)13-5-4-6-16(10-13)29-3)24-21(26)18-14-7-8-15(9-14)19(18)22(24)27/h4-6,10,12,14-15,18-20H,7-9,11H2,1-3H3/t14-,15+,18-,19-,20-/m0/s1. The molecule has 1 aromatic rings. The quantitative estimate of drug-likeness (QED) is 0.388. The van der Waals surface area contributed by atoms with E-state index in [1.165, 1.54) is 7.11 Å². The highest BCUT2D eigenvalue weighted by atomic mass is 16.5. The van der Waals surface area contributed by atoms with Crippen LogP contribution in [-0.4, -0.2) is 48.2 Å². The van der Waals surface area contributed by atoms with Gasteiger partial charge < -0.3 is 9.47 Å². The smallest absolute Gasteiger partial charge is 0.330 e. The van der Waals surface area contributed by atoms with E-state index in [0.29, 0.717) is 11.3 Å². The summed E-state index contributed by atoms with van der Waals surface area (Å²) >= 11 is 0. The molecule has 0 spiro atoms. The van der Waals surface area contributed by atoms with E-state index in [0.717, 1.165) is 24.2 Å². The fraction of sp³-hybridized carbons (Fsp3) is 0.565. The maximum absolute atomic E-state index is 13.1. The molecule has 0 aromatic heterocycles. The predicted molar refractivity (Wildman–Crippen MR) is 107 cm³/mol. The van der Waals surface area contributed by atoms with Crippen LogP contribution < -0.4 is 4.74 Å². The number of benzene rings is 1. The Balaban J connectivity index is 1.47. The molecule has 7 heteroatoms.